The summed E-state index contributed by atoms with van der Waals surface area (Å²) in [5.74, 6) is -1.51. The smallest absolute Gasteiger partial charge is 0.326 e. The quantitative estimate of drug-likeness (QED) is 0.550. The summed E-state index contributed by atoms with van der Waals surface area (Å²) in [5.41, 5.74) is 6.87. The maximum Gasteiger partial charge on any atom is 0.326 e. The van der Waals surface area contributed by atoms with Crippen LogP contribution >= 0.6 is 0 Å². The summed E-state index contributed by atoms with van der Waals surface area (Å²) < 4.78 is 0. The van der Waals surface area contributed by atoms with Crippen LogP contribution < -0.4 is 16.4 Å². The number of amides is 3. The number of rotatable bonds is 9. The number of aryl methyl sites for hydroxylation is 1. The average molecular weight is 335 g/mol. The zero-order valence-corrected chi connectivity index (χ0v) is 14.0. The molecule has 5 N–H and O–H groups in total. The molecule has 1 rings (SSSR count). The van der Waals surface area contributed by atoms with Crippen molar-refractivity contribution < 1.29 is 19.5 Å². The van der Waals surface area contributed by atoms with Crippen molar-refractivity contribution in [1.29, 1.82) is 0 Å². The fraction of sp³-hybridized carbons (Fsp3) is 0.471. The number of benzene rings is 1. The Bertz CT molecular complexity index is 589. The van der Waals surface area contributed by atoms with Gasteiger partial charge in [0.15, 0.2) is 0 Å². The molecule has 132 valence electrons. The summed E-state index contributed by atoms with van der Waals surface area (Å²) in [4.78, 5) is 34.7. The fourth-order valence-corrected chi connectivity index (χ4v) is 2.49. The van der Waals surface area contributed by atoms with Crippen molar-refractivity contribution in [1.82, 2.24) is 10.6 Å². The maximum absolute atomic E-state index is 12.2. The molecule has 0 radical (unpaired) electrons. The van der Waals surface area contributed by atoms with Gasteiger partial charge < -0.3 is 21.5 Å². The topological polar surface area (TPSA) is 122 Å². The summed E-state index contributed by atoms with van der Waals surface area (Å²) in [5, 5.41) is 14.2. The van der Waals surface area contributed by atoms with E-state index in [1.807, 2.05) is 26.0 Å². The molecule has 0 aliphatic rings. The second-order valence-corrected chi connectivity index (χ2v) is 5.72. The molecule has 0 aromatic heterocycles. The first-order chi connectivity index (χ1) is 11.3. The van der Waals surface area contributed by atoms with Crippen molar-refractivity contribution in [2.24, 2.45) is 5.73 Å². The molecule has 24 heavy (non-hydrogen) atoms. The van der Waals surface area contributed by atoms with Crippen molar-refractivity contribution in [2.75, 3.05) is 0 Å². The molecular weight excluding hydrogens is 310 g/mol. The highest BCUT2D eigenvalue weighted by Crippen LogP contribution is 2.20. The Morgan fingerprint density at radius 3 is 2.42 bits per heavy atom. The van der Waals surface area contributed by atoms with Crippen molar-refractivity contribution in [3.63, 3.8) is 0 Å². The lowest BCUT2D eigenvalue weighted by Gasteiger charge is -2.21. The second kappa shape index (κ2) is 9.54. The van der Waals surface area contributed by atoms with Crippen LogP contribution in [0.2, 0.25) is 0 Å². The summed E-state index contributed by atoms with van der Waals surface area (Å²) >= 11 is 0. The zero-order valence-electron chi connectivity index (χ0n) is 14.0. The highest BCUT2D eigenvalue weighted by atomic mass is 16.4. The van der Waals surface area contributed by atoms with Gasteiger partial charge in [0.1, 0.15) is 6.04 Å². The minimum Gasteiger partial charge on any atom is -0.480 e. The number of carbonyl (C=O) groups is 3. The van der Waals surface area contributed by atoms with Crippen molar-refractivity contribution in [2.45, 2.75) is 51.6 Å². The van der Waals surface area contributed by atoms with Gasteiger partial charge in [-0.3, -0.25) is 4.79 Å². The number of primary amides is 1. The van der Waals surface area contributed by atoms with E-state index in [-0.39, 0.29) is 6.42 Å². The van der Waals surface area contributed by atoms with E-state index in [9.17, 15) is 19.5 Å². The van der Waals surface area contributed by atoms with Gasteiger partial charge in [-0.05, 0) is 24.5 Å². The van der Waals surface area contributed by atoms with Gasteiger partial charge in [-0.25, -0.2) is 9.59 Å². The Hall–Kier alpha value is -2.57. The van der Waals surface area contributed by atoms with Gasteiger partial charge in [-0.15, -0.1) is 0 Å². The standard InChI is InChI=1S/C17H25N3O4/c1-3-4-9-13(16(22)23)19-15(21)10-14(20-17(18)24)12-8-6-5-7-11(12)2/h5-8,13-14H,3-4,9-10H2,1-2H3,(H,19,21)(H,22,23)(H3,18,20,24). The summed E-state index contributed by atoms with van der Waals surface area (Å²) in [6, 6.07) is 5.05. The van der Waals surface area contributed by atoms with Crippen LogP contribution in [0.3, 0.4) is 0 Å². The number of unbranched alkanes of at least 4 members (excludes halogenated alkanes) is 1. The first-order valence-corrected chi connectivity index (χ1v) is 7.98. The van der Waals surface area contributed by atoms with Gasteiger partial charge in [0, 0.05) is 0 Å². The van der Waals surface area contributed by atoms with Gasteiger partial charge in [0.05, 0.1) is 12.5 Å². The fourth-order valence-electron chi connectivity index (χ4n) is 2.49. The highest BCUT2D eigenvalue weighted by Gasteiger charge is 2.23. The molecule has 0 fully saturated rings. The number of carbonyl (C=O) groups excluding carboxylic acids is 2. The normalized spacial score (nSPS) is 12.9. The number of nitrogens with one attached hydrogen (secondary N) is 2. The van der Waals surface area contributed by atoms with Crippen LogP contribution in [0.5, 0.6) is 0 Å². The molecule has 0 heterocycles. The summed E-state index contributed by atoms with van der Waals surface area (Å²) in [6.45, 7) is 3.82. The maximum atomic E-state index is 12.2. The zero-order chi connectivity index (χ0) is 18.1. The number of hydrogen-bond acceptors (Lipinski definition) is 3. The molecule has 0 saturated heterocycles. The molecule has 2 unspecified atom stereocenters. The van der Waals surface area contributed by atoms with Crippen LogP contribution in [0.4, 0.5) is 4.79 Å². The first-order valence-electron chi connectivity index (χ1n) is 7.98. The van der Waals surface area contributed by atoms with Crippen LogP contribution in [-0.2, 0) is 9.59 Å². The summed E-state index contributed by atoms with van der Waals surface area (Å²) in [7, 11) is 0. The van der Waals surface area contributed by atoms with Gasteiger partial charge in [-0.1, -0.05) is 44.0 Å². The Morgan fingerprint density at radius 1 is 1.21 bits per heavy atom. The number of carboxylic acid groups (broad SMARTS) is 1. The third-order valence-electron chi connectivity index (χ3n) is 3.75. The number of aliphatic carboxylic acids is 1. The molecule has 0 aliphatic heterocycles. The van der Waals surface area contributed by atoms with E-state index in [4.69, 9.17) is 5.73 Å². The largest absolute Gasteiger partial charge is 0.480 e. The van der Waals surface area contributed by atoms with E-state index in [2.05, 4.69) is 10.6 Å². The number of hydrogen-bond donors (Lipinski definition) is 4. The molecule has 0 bridgehead atoms. The predicted molar refractivity (Wildman–Crippen MR) is 90.3 cm³/mol. The average Bonchev–Trinajstić information content (AvgIpc) is 2.50. The first kappa shape index (κ1) is 19.5. The van der Waals surface area contributed by atoms with Gasteiger partial charge in [0.2, 0.25) is 5.91 Å². The predicted octanol–water partition coefficient (Wildman–Crippen LogP) is 1.85. The van der Waals surface area contributed by atoms with Gasteiger partial charge in [0.25, 0.3) is 0 Å². The van der Waals surface area contributed by atoms with Crippen LogP contribution in [0, 0.1) is 6.92 Å². The number of urea groups is 1. The van der Waals surface area contributed by atoms with Crippen LogP contribution in [0.15, 0.2) is 24.3 Å². The van der Waals surface area contributed by atoms with E-state index in [0.717, 1.165) is 17.5 Å². The van der Waals surface area contributed by atoms with Crippen molar-refractivity contribution in [3.05, 3.63) is 35.4 Å². The molecule has 3 amide bonds. The SMILES string of the molecule is CCCCC(NC(=O)CC(NC(N)=O)c1ccccc1C)C(=O)O. The monoisotopic (exact) mass is 335 g/mol. The minimum absolute atomic E-state index is 0.0797. The van der Waals surface area contributed by atoms with Crippen LogP contribution in [0.25, 0.3) is 0 Å². The van der Waals surface area contributed by atoms with Crippen LogP contribution in [0.1, 0.15) is 49.8 Å². The molecule has 1 aromatic carbocycles. The van der Waals surface area contributed by atoms with E-state index in [1.165, 1.54) is 0 Å². The van der Waals surface area contributed by atoms with E-state index < -0.39 is 30.0 Å². The van der Waals surface area contributed by atoms with E-state index in [1.54, 1.807) is 12.1 Å². The van der Waals surface area contributed by atoms with Gasteiger partial charge in [-0.2, -0.15) is 0 Å². The lowest BCUT2D eigenvalue weighted by atomic mass is 9.98. The van der Waals surface area contributed by atoms with Gasteiger partial charge >= 0.3 is 12.0 Å². The van der Waals surface area contributed by atoms with Crippen molar-refractivity contribution >= 4 is 17.9 Å². The third kappa shape index (κ3) is 6.28. The lowest BCUT2D eigenvalue weighted by molar-refractivity contribution is -0.142. The number of nitrogens with two attached hydrogens (primary N) is 1. The van der Waals surface area contributed by atoms with Crippen LogP contribution in [-0.4, -0.2) is 29.1 Å². The van der Waals surface area contributed by atoms with Crippen molar-refractivity contribution in [3.8, 4) is 0 Å². The Kier molecular flexibility index (Phi) is 7.74. The molecular formula is C17H25N3O4. The molecule has 0 spiro atoms. The molecule has 7 nitrogen and oxygen atoms in total. The summed E-state index contributed by atoms with van der Waals surface area (Å²) in [6.07, 6.45) is 1.84. The second-order valence-electron chi connectivity index (χ2n) is 5.72. The third-order valence-corrected chi connectivity index (χ3v) is 3.75. The van der Waals surface area contributed by atoms with E-state index >= 15 is 0 Å². The lowest BCUT2D eigenvalue weighted by Crippen LogP contribution is -2.43. The highest BCUT2D eigenvalue weighted by molar-refractivity contribution is 5.84. The molecule has 1 aromatic rings. The molecule has 7 heteroatoms. The molecule has 0 aliphatic carbocycles. The Labute approximate surface area is 141 Å². The van der Waals surface area contributed by atoms with E-state index in [0.29, 0.717) is 12.8 Å². The number of carboxylic acids is 1. The Balaban J connectivity index is 2.82. The molecule has 2 atom stereocenters. The molecule has 0 saturated carbocycles. The minimum atomic E-state index is -1.06. The Morgan fingerprint density at radius 2 is 1.88 bits per heavy atom.